The van der Waals surface area contributed by atoms with Gasteiger partial charge in [0.05, 0.1) is 0 Å². The number of rotatable bonds is 3. The summed E-state index contributed by atoms with van der Waals surface area (Å²) in [6.07, 6.45) is 0. The van der Waals surface area contributed by atoms with Crippen LogP contribution in [0.3, 0.4) is 0 Å². The summed E-state index contributed by atoms with van der Waals surface area (Å²) in [7, 11) is 0. The van der Waals surface area contributed by atoms with Crippen molar-refractivity contribution < 1.29 is 14.4 Å². The summed E-state index contributed by atoms with van der Waals surface area (Å²) in [5, 5.41) is 20.2. The lowest BCUT2D eigenvalue weighted by Crippen LogP contribution is -2.21. The van der Waals surface area contributed by atoms with E-state index < -0.39 is 28.7 Å². The van der Waals surface area contributed by atoms with Crippen molar-refractivity contribution in [1.29, 1.82) is 0 Å². The first-order valence-electron chi connectivity index (χ1n) is 7.00. The Morgan fingerprint density at radius 1 is 1.20 bits per heavy atom. The highest BCUT2D eigenvalue weighted by Gasteiger charge is 2.21. The number of azo groups is 1. The second-order valence-electron chi connectivity index (χ2n) is 4.94. The molecule has 0 fully saturated rings. The van der Waals surface area contributed by atoms with Crippen LogP contribution in [-0.4, -0.2) is 26.1 Å². The summed E-state index contributed by atoms with van der Waals surface area (Å²) < 4.78 is 5.05. The molecule has 1 aromatic carbocycles. The first kappa shape index (κ1) is 16.1. The Balaban J connectivity index is 2.00. The van der Waals surface area contributed by atoms with Crippen LogP contribution in [0.4, 0.5) is 5.69 Å². The molecule has 3 rings (SSSR count). The van der Waals surface area contributed by atoms with Gasteiger partial charge < -0.3 is 9.63 Å². The van der Waals surface area contributed by atoms with E-state index in [1.165, 1.54) is 6.92 Å². The van der Waals surface area contributed by atoms with E-state index in [0.29, 0.717) is 5.56 Å². The van der Waals surface area contributed by atoms with Gasteiger partial charge in [0.25, 0.3) is 5.56 Å². The van der Waals surface area contributed by atoms with Gasteiger partial charge >= 0.3 is 11.6 Å². The van der Waals surface area contributed by atoms with Crippen LogP contribution in [0.25, 0.3) is 11.3 Å². The molecule has 0 saturated heterocycles. The average molecular weight is 341 g/mol. The van der Waals surface area contributed by atoms with Crippen LogP contribution in [0, 0.1) is 6.92 Å². The minimum Gasteiger partial charge on any atom is -0.493 e. The van der Waals surface area contributed by atoms with Crippen molar-refractivity contribution in [1.82, 2.24) is 15.1 Å². The van der Waals surface area contributed by atoms with E-state index in [1.807, 2.05) is 16.0 Å². The number of aryl methyl sites for hydroxylation is 1. The lowest BCUT2D eigenvalue weighted by atomic mass is 10.1. The summed E-state index contributed by atoms with van der Waals surface area (Å²) in [6.45, 7) is 1.53. The average Bonchev–Trinajstić information content (AvgIpc) is 2.96. The SMILES string of the molecule is Cc1onc(-c2ccccc2)c1C(=O)N=Nc1c(O)[nH]c(=O)[nH]c1=O. The number of aromatic nitrogens is 3. The van der Waals surface area contributed by atoms with E-state index in [-0.39, 0.29) is 17.0 Å². The van der Waals surface area contributed by atoms with Gasteiger partial charge in [-0.25, -0.2) is 4.79 Å². The van der Waals surface area contributed by atoms with Crippen LogP contribution in [0.5, 0.6) is 5.88 Å². The van der Waals surface area contributed by atoms with Gasteiger partial charge in [0.2, 0.25) is 11.6 Å². The van der Waals surface area contributed by atoms with Crippen molar-refractivity contribution in [2.24, 2.45) is 10.2 Å². The lowest BCUT2D eigenvalue weighted by Gasteiger charge is -1.98. The predicted molar refractivity (Wildman–Crippen MR) is 84.9 cm³/mol. The third kappa shape index (κ3) is 3.13. The minimum atomic E-state index is -0.983. The molecule has 1 amide bonds. The van der Waals surface area contributed by atoms with Gasteiger partial charge in [0, 0.05) is 5.56 Å². The molecular weight excluding hydrogens is 330 g/mol. The molecule has 3 aromatic rings. The van der Waals surface area contributed by atoms with Crippen molar-refractivity contribution >= 4 is 11.6 Å². The first-order chi connectivity index (χ1) is 12.0. The zero-order chi connectivity index (χ0) is 18.0. The molecule has 126 valence electrons. The maximum absolute atomic E-state index is 12.4. The van der Waals surface area contributed by atoms with E-state index in [2.05, 4.69) is 15.4 Å². The van der Waals surface area contributed by atoms with Gasteiger partial charge in [-0.3, -0.25) is 19.6 Å². The monoisotopic (exact) mass is 341 g/mol. The van der Waals surface area contributed by atoms with E-state index in [1.54, 1.807) is 24.3 Å². The van der Waals surface area contributed by atoms with E-state index in [9.17, 15) is 19.5 Å². The highest BCUT2D eigenvalue weighted by Crippen LogP contribution is 2.26. The molecule has 0 spiro atoms. The molecule has 2 aromatic heterocycles. The number of hydrogen-bond donors (Lipinski definition) is 3. The molecule has 0 atom stereocenters. The molecule has 0 aliphatic heterocycles. The number of aromatic amines is 2. The number of carbonyl (C=O) groups excluding carboxylic acids is 1. The van der Waals surface area contributed by atoms with Gasteiger partial charge in [-0.05, 0) is 6.92 Å². The van der Waals surface area contributed by atoms with Crippen LogP contribution in [0.2, 0.25) is 0 Å². The zero-order valence-electron chi connectivity index (χ0n) is 12.8. The molecule has 0 saturated carbocycles. The number of nitrogens with zero attached hydrogens (tertiary/aromatic N) is 3. The fraction of sp³-hybridized carbons (Fsp3) is 0.0667. The number of H-pyrrole nitrogens is 2. The van der Waals surface area contributed by atoms with Crippen LogP contribution < -0.4 is 11.2 Å². The maximum atomic E-state index is 12.4. The van der Waals surface area contributed by atoms with Crippen molar-refractivity contribution in [2.45, 2.75) is 6.92 Å². The van der Waals surface area contributed by atoms with Crippen LogP contribution >= 0.6 is 0 Å². The van der Waals surface area contributed by atoms with E-state index >= 15 is 0 Å². The van der Waals surface area contributed by atoms with Crippen molar-refractivity contribution in [3.63, 3.8) is 0 Å². The molecular formula is C15H11N5O5. The Hall–Kier alpha value is -3.82. The molecule has 0 aliphatic rings. The Kier molecular flexibility index (Phi) is 4.08. The molecule has 0 bridgehead atoms. The lowest BCUT2D eigenvalue weighted by molar-refractivity contribution is 0.0994. The van der Waals surface area contributed by atoms with Crippen LogP contribution in [-0.2, 0) is 0 Å². The molecule has 25 heavy (non-hydrogen) atoms. The fourth-order valence-corrected chi connectivity index (χ4v) is 2.12. The van der Waals surface area contributed by atoms with Crippen molar-refractivity contribution in [3.05, 3.63) is 62.5 Å². The molecule has 0 aliphatic carbocycles. The Bertz CT molecular complexity index is 1080. The van der Waals surface area contributed by atoms with E-state index in [0.717, 1.165) is 0 Å². The zero-order valence-corrected chi connectivity index (χ0v) is 12.8. The molecule has 2 heterocycles. The fourth-order valence-electron chi connectivity index (χ4n) is 2.12. The molecule has 3 N–H and O–H groups in total. The Morgan fingerprint density at radius 3 is 2.60 bits per heavy atom. The van der Waals surface area contributed by atoms with Gasteiger partial charge in [-0.2, -0.15) is 0 Å². The van der Waals surface area contributed by atoms with Crippen molar-refractivity contribution in [2.75, 3.05) is 0 Å². The quantitative estimate of drug-likeness (QED) is 0.615. The standard InChI is InChI=1S/C15H11N5O5/c1-7-9(10(20-25-7)8-5-3-2-4-6-8)12(21)19-18-11-13(22)16-15(24)17-14(11)23/h2-6H,1H3,(H3,16,17,22,23,24). The number of amides is 1. The summed E-state index contributed by atoms with van der Waals surface area (Å²) in [6, 6.07) is 8.83. The number of carbonyl (C=O) groups is 1. The number of aromatic hydroxyl groups is 1. The van der Waals surface area contributed by atoms with Crippen LogP contribution in [0.1, 0.15) is 16.1 Å². The van der Waals surface area contributed by atoms with Gasteiger partial charge in [-0.1, -0.05) is 35.5 Å². The Morgan fingerprint density at radius 2 is 1.92 bits per heavy atom. The minimum absolute atomic E-state index is 0.0790. The second kappa shape index (κ2) is 6.35. The smallest absolute Gasteiger partial charge is 0.328 e. The summed E-state index contributed by atoms with van der Waals surface area (Å²) in [4.78, 5) is 38.7. The third-order valence-corrected chi connectivity index (χ3v) is 3.26. The molecule has 10 heteroatoms. The number of hydrogen-bond acceptors (Lipinski definition) is 7. The van der Waals surface area contributed by atoms with Crippen molar-refractivity contribution in [3.8, 4) is 17.1 Å². The topological polar surface area (TPSA) is 154 Å². The van der Waals surface area contributed by atoms with Gasteiger partial charge in [0.1, 0.15) is 17.0 Å². The van der Waals surface area contributed by atoms with Crippen LogP contribution in [0.15, 0.2) is 54.7 Å². The molecule has 0 unspecified atom stereocenters. The Labute approximate surface area is 138 Å². The maximum Gasteiger partial charge on any atom is 0.328 e. The third-order valence-electron chi connectivity index (χ3n) is 3.26. The number of benzene rings is 1. The van der Waals surface area contributed by atoms with E-state index in [4.69, 9.17) is 4.52 Å². The normalized spacial score (nSPS) is 11.1. The predicted octanol–water partition coefficient (Wildman–Crippen LogP) is 1.66. The first-order valence-corrected chi connectivity index (χ1v) is 7.00. The number of nitrogens with one attached hydrogen (secondary N) is 2. The molecule has 0 radical (unpaired) electrons. The summed E-state index contributed by atoms with van der Waals surface area (Å²) in [5.74, 6) is -1.39. The highest BCUT2D eigenvalue weighted by atomic mass is 16.5. The summed E-state index contributed by atoms with van der Waals surface area (Å²) in [5.41, 5.74) is -1.49. The second-order valence-corrected chi connectivity index (χ2v) is 4.94. The van der Waals surface area contributed by atoms with Gasteiger partial charge in [0.15, 0.2) is 0 Å². The largest absolute Gasteiger partial charge is 0.493 e. The highest BCUT2D eigenvalue weighted by molar-refractivity contribution is 6.01. The molecule has 10 nitrogen and oxygen atoms in total. The van der Waals surface area contributed by atoms with Gasteiger partial charge in [-0.15, -0.1) is 10.2 Å². The summed E-state index contributed by atoms with van der Waals surface area (Å²) >= 11 is 0.